The molecule has 1 aromatic carbocycles. The molecule has 2 rings (SSSR count). The summed E-state index contributed by atoms with van der Waals surface area (Å²) in [4.78, 5) is 15.8. The SMILES string of the molecule is CCCN(Cc1ccc(SC)cc1)C(=O)C1CC(C)NN1. The highest BCUT2D eigenvalue weighted by Gasteiger charge is 2.29. The summed E-state index contributed by atoms with van der Waals surface area (Å²) < 4.78 is 0. The average molecular weight is 307 g/mol. The lowest BCUT2D eigenvalue weighted by Gasteiger charge is -2.25. The van der Waals surface area contributed by atoms with Gasteiger partial charge in [-0.2, -0.15) is 0 Å². The molecule has 1 aliphatic rings. The van der Waals surface area contributed by atoms with E-state index in [2.05, 4.69) is 55.2 Å². The topological polar surface area (TPSA) is 44.4 Å². The molecule has 1 heterocycles. The molecular formula is C16H25N3OS. The van der Waals surface area contributed by atoms with Crippen LogP contribution in [-0.4, -0.2) is 35.7 Å². The van der Waals surface area contributed by atoms with Gasteiger partial charge < -0.3 is 4.90 Å². The van der Waals surface area contributed by atoms with E-state index < -0.39 is 0 Å². The van der Waals surface area contributed by atoms with Crippen LogP contribution in [0.3, 0.4) is 0 Å². The van der Waals surface area contributed by atoms with Crippen molar-refractivity contribution in [2.45, 2.75) is 50.2 Å². The van der Waals surface area contributed by atoms with Gasteiger partial charge in [-0.15, -0.1) is 11.8 Å². The van der Waals surface area contributed by atoms with Crippen LogP contribution in [0.2, 0.25) is 0 Å². The number of hydrogen-bond donors (Lipinski definition) is 2. The van der Waals surface area contributed by atoms with Crippen LogP contribution >= 0.6 is 11.8 Å². The van der Waals surface area contributed by atoms with E-state index in [1.54, 1.807) is 11.8 Å². The number of carbonyl (C=O) groups excluding carboxylic acids is 1. The molecule has 1 aromatic rings. The lowest BCUT2D eigenvalue weighted by atomic mass is 10.1. The Morgan fingerprint density at radius 1 is 1.33 bits per heavy atom. The Balaban J connectivity index is 2.01. The number of amides is 1. The van der Waals surface area contributed by atoms with Crippen molar-refractivity contribution < 1.29 is 4.79 Å². The molecule has 0 bridgehead atoms. The number of hydrogen-bond acceptors (Lipinski definition) is 4. The van der Waals surface area contributed by atoms with Crippen LogP contribution < -0.4 is 10.9 Å². The molecule has 1 saturated heterocycles. The molecule has 0 saturated carbocycles. The molecule has 2 atom stereocenters. The van der Waals surface area contributed by atoms with Crippen LogP contribution in [0, 0.1) is 0 Å². The molecule has 0 radical (unpaired) electrons. The third-order valence-corrected chi connectivity index (χ3v) is 4.47. The fraction of sp³-hybridized carbons (Fsp3) is 0.562. The monoisotopic (exact) mass is 307 g/mol. The zero-order valence-corrected chi connectivity index (χ0v) is 13.9. The number of hydrazine groups is 1. The van der Waals surface area contributed by atoms with Crippen LogP contribution in [0.5, 0.6) is 0 Å². The van der Waals surface area contributed by atoms with Gasteiger partial charge in [-0.1, -0.05) is 19.1 Å². The molecule has 116 valence electrons. The zero-order chi connectivity index (χ0) is 15.2. The quantitative estimate of drug-likeness (QED) is 0.792. The molecule has 5 heteroatoms. The van der Waals surface area contributed by atoms with E-state index >= 15 is 0 Å². The number of nitrogens with one attached hydrogen (secondary N) is 2. The van der Waals surface area contributed by atoms with E-state index in [1.165, 1.54) is 10.5 Å². The predicted molar refractivity (Wildman–Crippen MR) is 88.1 cm³/mol. The van der Waals surface area contributed by atoms with Crippen LogP contribution in [0.4, 0.5) is 0 Å². The maximum Gasteiger partial charge on any atom is 0.241 e. The van der Waals surface area contributed by atoms with E-state index in [-0.39, 0.29) is 11.9 Å². The minimum atomic E-state index is -0.1000. The number of carbonyl (C=O) groups is 1. The summed E-state index contributed by atoms with van der Waals surface area (Å²) in [5.41, 5.74) is 7.42. The van der Waals surface area contributed by atoms with E-state index in [1.807, 2.05) is 4.90 Å². The van der Waals surface area contributed by atoms with E-state index in [0.29, 0.717) is 12.6 Å². The van der Waals surface area contributed by atoms with Gasteiger partial charge in [-0.25, -0.2) is 5.43 Å². The number of benzene rings is 1. The normalized spacial score (nSPS) is 21.5. The summed E-state index contributed by atoms with van der Waals surface area (Å²) >= 11 is 1.73. The largest absolute Gasteiger partial charge is 0.337 e. The highest BCUT2D eigenvalue weighted by Crippen LogP contribution is 2.17. The summed E-state index contributed by atoms with van der Waals surface area (Å²) in [7, 11) is 0. The fourth-order valence-electron chi connectivity index (χ4n) is 2.59. The molecule has 0 aromatic heterocycles. The molecule has 0 spiro atoms. The standard InChI is InChI=1S/C16H25N3OS/c1-4-9-19(16(20)15-10-12(2)17-18-15)11-13-5-7-14(21-3)8-6-13/h5-8,12,15,17-18H,4,9-11H2,1-3H3. The summed E-state index contributed by atoms with van der Waals surface area (Å²) in [6, 6.07) is 8.72. The Morgan fingerprint density at radius 2 is 2.05 bits per heavy atom. The van der Waals surface area contributed by atoms with Crippen LogP contribution in [0.15, 0.2) is 29.2 Å². The highest BCUT2D eigenvalue weighted by molar-refractivity contribution is 7.98. The summed E-state index contributed by atoms with van der Waals surface area (Å²) in [6.45, 7) is 5.69. The van der Waals surface area contributed by atoms with Crippen LogP contribution in [0.25, 0.3) is 0 Å². The van der Waals surface area contributed by atoms with Gasteiger partial charge in [0, 0.05) is 24.0 Å². The Labute approximate surface area is 131 Å². The third kappa shape index (κ3) is 4.46. The lowest BCUT2D eigenvalue weighted by molar-refractivity contribution is -0.133. The molecule has 21 heavy (non-hydrogen) atoms. The summed E-state index contributed by atoms with van der Waals surface area (Å²) in [5.74, 6) is 0.197. The molecule has 0 aliphatic carbocycles. The first-order valence-corrected chi connectivity index (χ1v) is 8.79. The van der Waals surface area contributed by atoms with Gasteiger partial charge in [0.1, 0.15) is 6.04 Å². The van der Waals surface area contributed by atoms with E-state index in [4.69, 9.17) is 0 Å². The Bertz CT molecular complexity index is 463. The zero-order valence-electron chi connectivity index (χ0n) is 13.1. The van der Waals surface area contributed by atoms with Crippen molar-refractivity contribution in [2.75, 3.05) is 12.8 Å². The van der Waals surface area contributed by atoms with Crippen molar-refractivity contribution in [2.24, 2.45) is 0 Å². The van der Waals surface area contributed by atoms with Gasteiger partial charge in [-0.3, -0.25) is 10.2 Å². The Morgan fingerprint density at radius 3 is 2.57 bits per heavy atom. The fourth-order valence-corrected chi connectivity index (χ4v) is 2.99. The molecule has 2 N–H and O–H groups in total. The molecule has 2 unspecified atom stereocenters. The van der Waals surface area contributed by atoms with Crippen molar-refractivity contribution in [3.63, 3.8) is 0 Å². The number of rotatable bonds is 6. The van der Waals surface area contributed by atoms with Gasteiger partial charge in [0.15, 0.2) is 0 Å². The van der Waals surface area contributed by atoms with Crippen molar-refractivity contribution in [1.82, 2.24) is 15.8 Å². The molecule has 4 nitrogen and oxygen atoms in total. The maximum atomic E-state index is 12.6. The predicted octanol–water partition coefficient (Wildman–Crippen LogP) is 2.40. The molecular weight excluding hydrogens is 282 g/mol. The van der Waals surface area contributed by atoms with Crippen molar-refractivity contribution >= 4 is 17.7 Å². The van der Waals surface area contributed by atoms with Crippen molar-refractivity contribution in [1.29, 1.82) is 0 Å². The van der Waals surface area contributed by atoms with E-state index in [9.17, 15) is 4.79 Å². The summed E-state index contributed by atoms with van der Waals surface area (Å²) in [6.07, 6.45) is 3.90. The van der Waals surface area contributed by atoms with Crippen LogP contribution in [0.1, 0.15) is 32.3 Å². The van der Waals surface area contributed by atoms with Crippen molar-refractivity contribution in [3.8, 4) is 0 Å². The molecule has 1 aliphatic heterocycles. The van der Waals surface area contributed by atoms with E-state index in [0.717, 1.165) is 19.4 Å². The highest BCUT2D eigenvalue weighted by atomic mass is 32.2. The van der Waals surface area contributed by atoms with Gasteiger partial charge in [0.25, 0.3) is 0 Å². The second-order valence-corrected chi connectivity index (χ2v) is 6.47. The molecule has 1 fully saturated rings. The second kappa shape index (κ2) is 7.82. The van der Waals surface area contributed by atoms with Gasteiger partial charge >= 0.3 is 0 Å². The van der Waals surface area contributed by atoms with Crippen LogP contribution in [-0.2, 0) is 11.3 Å². The van der Waals surface area contributed by atoms with Gasteiger partial charge in [0.2, 0.25) is 5.91 Å². The third-order valence-electron chi connectivity index (χ3n) is 3.73. The summed E-state index contributed by atoms with van der Waals surface area (Å²) in [5, 5.41) is 0. The van der Waals surface area contributed by atoms with Gasteiger partial charge in [0.05, 0.1) is 0 Å². The smallest absolute Gasteiger partial charge is 0.241 e. The number of nitrogens with zero attached hydrogens (tertiary/aromatic N) is 1. The first-order chi connectivity index (χ1) is 10.1. The molecule has 1 amide bonds. The maximum absolute atomic E-state index is 12.6. The second-order valence-electron chi connectivity index (χ2n) is 5.59. The first kappa shape index (κ1) is 16.3. The Kier molecular flexibility index (Phi) is 6.08. The van der Waals surface area contributed by atoms with Crippen molar-refractivity contribution in [3.05, 3.63) is 29.8 Å². The minimum absolute atomic E-state index is 0.1000. The Hall–Kier alpha value is -1.04. The minimum Gasteiger partial charge on any atom is -0.337 e. The lowest BCUT2D eigenvalue weighted by Crippen LogP contribution is -2.45. The number of thioether (sulfide) groups is 1. The first-order valence-electron chi connectivity index (χ1n) is 7.56. The average Bonchev–Trinajstić information content (AvgIpc) is 2.93. The van der Waals surface area contributed by atoms with Gasteiger partial charge in [-0.05, 0) is 43.7 Å².